The van der Waals surface area contributed by atoms with Gasteiger partial charge in [-0.15, -0.1) is 0 Å². The quantitative estimate of drug-likeness (QED) is 0.291. The third-order valence-corrected chi connectivity index (χ3v) is 5.25. The van der Waals surface area contributed by atoms with Crippen LogP contribution < -0.4 is 15.4 Å². The maximum Gasteiger partial charge on any atom is 0.252 e. The Kier molecular flexibility index (Phi) is 8.30. The molecule has 0 radical (unpaired) electrons. The van der Waals surface area contributed by atoms with Crippen molar-refractivity contribution >= 4 is 17.5 Å². The number of para-hydroxylation sites is 1. The summed E-state index contributed by atoms with van der Waals surface area (Å²) in [6.07, 6.45) is 0. The smallest absolute Gasteiger partial charge is 0.252 e. The lowest BCUT2D eigenvalue weighted by molar-refractivity contribution is -0.119. The maximum absolute atomic E-state index is 13.1. The van der Waals surface area contributed by atoms with Gasteiger partial charge in [-0.2, -0.15) is 0 Å². The van der Waals surface area contributed by atoms with Gasteiger partial charge in [-0.25, -0.2) is 0 Å². The van der Waals surface area contributed by atoms with Crippen molar-refractivity contribution in [3.05, 3.63) is 120 Å². The monoisotopic (exact) mass is 482 g/mol. The van der Waals surface area contributed by atoms with Crippen LogP contribution in [0.3, 0.4) is 0 Å². The minimum Gasteiger partial charge on any atom is -0.508 e. The topological polar surface area (TPSA) is 96.9 Å². The molecule has 0 spiro atoms. The highest BCUT2D eigenvalue weighted by atomic mass is 16.5. The second-order valence-electron chi connectivity index (χ2n) is 8.00. The van der Waals surface area contributed by atoms with E-state index >= 15 is 0 Å². The highest BCUT2D eigenvalue weighted by Gasteiger charge is 2.22. The van der Waals surface area contributed by atoms with E-state index in [1.807, 2.05) is 60.7 Å². The minimum absolute atomic E-state index is 0.0280. The van der Waals surface area contributed by atoms with Crippen LogP contribution in [0, 0.1) is 0 Å². The Morgan fingerprint density at radius 3 is 2.03 bits per heavy atom. The van der Waals surface area contributed by atoms with Gasteiger partial charge in [-0.1, -0.05) is 48.5 Å². The Morgan fingerprint density at radius 1 is 0.750 bits per heavy atom. The van der Waals surface area contributed by atoms with Gasteiger partial charge in [0.2, 0.25) is 5.91 Å². The number of hydrogen-bond acceptors (Lipinski definition) is 5. The summed E-state index contributed by atoms with van der Waals surface area (Å²) in [5.74, 6) is 0.508. The molecule has 0 saturated heterocycles. The number of phenols is 1. The van der Waals surface area contributed by atoms with Crippen LogP contribution >= 0.6 is 0 Å². The molecular weight excluding hydrogens is 456 g/mol. The summed E-state index contributed by atoms with van der Waals surface area (Å²) in [4.78, 5) is 25.8. The second kappa shape index (κ2) is 12.2. The number of anilines is 1. The van der Waals surface area contributed by atoms with E-state index in [1.54, 1.807) is 24.3 Å². The van der Waals surface area contributed by atoms with Crippen LogP contribution in [0.15, 0.2) is 109 Å². The van der Waals surface area contributed by atoms with Gasteiger partial charge >= 0.3 is 0 Å². The molecule has 0 saturated carbocycles. The Labute approximate surface area is 209 Å². The lowest BCUT2D eigenvalue weighted by atomic mass is 10.1. The van der Waals surface area contributed by atoms with Crippen molar-refractivity contribution in [3.63, 3.8) is 0 Å². The summed E-state index contributed by atoms with van der Waals surface area (Å²) in [7, 11) is 0. The first kappa shape index (κ1) is 24.5. The van der Waals surface area contributed by atoms with Gasteiger partial charge in [0.25, 0.3) is 5.91 Å². The SMILES string of the molecule is O=C(NC(COCc1ccccc1)C(=O)Nc1ccc(Oc2ccccc2)cc1)c1ccc(O)cc1. The number of hydrogen-bond donors (Lipinski definition) is 3. The van der Waals surface area contributed by atoms with Crippen molar-refractivity contribution in [1.29, 1.82) is 0 Å². The lowest BCUT2D eigenvalue weighted by Gasteiger charge is -2.19. The number of rotatable bonds is 10. The molecule has 0 aliphatic rings. The molecule has 182 valence electrons. The molecule has 0 fully saturated rings. The summed E-state index contributed by atoms with van der Waals surface area (Å²) >= 11 is 0. The van der Waals surface area contributed by atoms with Gasteiger partial charge in [0.05, 0.1) is 13.2 Å². The highest BCUT2D eigenvalue weighted by Crippen LogP contribution is 2.22. The van der Waals surface area contributed by atoms with Gasteiger partial charge in [0.1, 0.15) is 23.3 Å². The van der Waals surface area contributed by atoms with E-state index in [0.717, 1.165) is 5.56 Å². The van der Waals surface area contributed by atoms with Gasteiger partial charge in [-0.3, -0.25) is 9.59 Å². The van der Waals surface area contributed by atoms with E-state index in [2.05, 4.69) is 10.6 Å². The van der Waals surface area contributed by atoms with Crippen molar-refractivity contribution in [1.82, 2.24) is 5.32 Å². The molecule has 0 heterocycles. The van der Waals surface area contributed by atoms with E-state index in [0.29, 0.717) is 29.4 Å². The summed E-state index contributed by atoms with van der Waals surface area (Å²) < 4.78 is 11.5. The Morgan fingerprint density at radius 2 is 1.36 bits per heavy atom. The first-order chi connectivity index (χ1) is 17.6. The van der Waals surface area contributed by atoms with Crippen LogP contribution in [0.2, 0.25) is 0 Å². The number of amides is 2. The van der Waals surface area contributed by atoms with Gasteiger partial charge in [-0.05, 0) is 66.2 Å². The molecule has 4 aromatic carbocycles. The summed E-state index contributed by atoms with van der Waals surface area (Å²) in [5.41, 5.74) is 1.82. The summed E-state index contributed by atoms with van der Waals surface area (Å²) in [5, 5.41) is 15.0. The molecule has 1 unspecified atom stereocenters. The molecule has 4 aromatic rings. The largest absolute Gasteiger partial charge is 0.508 e. The molecule has 1 atom stereocenters. The zero-order valence-electron chi connectivity index (χ0n) is 19.5. The Hall–Kier alpha value is -4.62. The maximum atomic E-state index is 13.1. The van der Waals surface area contributed by atoms with E-state index in [-0.39, 0.29) is 12.4 Å². The Bertz CT molecular complexity index is 1260. The summed E-state index contributed by atoms with van der Waals surface area (Å²) in [6.45, 7) is 0.269. The van der Waals surface area contributed by atoms with E-state index < -0.39 is 17.9 Å². The molecular formula is C29H26N2O5. The zero-order valence-corrected chi connectivity index (χ0v) is 19.5. The van der Waals surface area contributed by atoms with Gasteiger partial charge in [0, 0.05) is 11.3 Å². The molecule has 0 aromatic heterocycles. The van der Waals surface area contributed by atoms with Crippen molar-refractivity contribution in [2.75, 3.05) is 11.9 Å². The van der Waals surface area contributed by atoms with E-state index in [4.69, 9.17) is 9.47 Å². The number of aromatic hydroxyl groups is 1. The average molecular weight is 483 g/mol. The normalized spacial score (nSPS) is 11.3. The second-order valence-corrected chi connectivity index (χ2v) is 8.00. The fraction of sp³-hybridized carbons (Fsp3) is 0.103. The third-order valence-electron chi connectivity index (χ3n) is 5.25. The van der Waals surface area contributed by atoms with Gasteiger partial charge in [0.15, 0.2) is 0 Å². The van der Waals surface area contributed by atoms with Crippen LogP contribution in [0.1, 0.15) is 15.9 Å². The van der Waals surface area contributed by atoms with E-state index in [1.165, 1.54) is 24.3 Å². The molecule has 0 aliphatic heterocycles. The lowest BCUT2D eigenvalue weighted by Crippen LogP contribution is -2.46. The molecule has 0 bridgehead atoms. The molecule has 7 heteroatoms. The van der Waals surface area contributed by atoms with Crippen LogP contribution in [-0.4, -0.2) is 29.6 Å². The zero-order chi connectivity index (χ0) is 25.2. The third kappa shape index (κ3) is 7.19. The molecule has 2 amide bonds. The predicted octanol–water partition coefficient (Wildman–Crippen LogP) is 5.14. The van der Waals surface area contributed by atoms with Crippen molar-refractivity contribution < 1.29 is 24.2 Å². The predicted molar refractivity (Wildman–Crippen MR) is 137 cm³/mol. The molecule has 7 nitrogen and oxygen atoms in total. The Balaban J connectivity index is 1.40. The molecule has 0 aliphatic carbocycles. The van der Waals surface area contributed by atoms with Gasteiger partial charge < -0.3 is 25.2 Å². The number of benzene rings is 4. The van der Waals surface area contributed by atoms with Crippen molar-refractivity contribution in [2.24, 2.45) is 0 Å². The fourth-order valence-corrected chi connectivity index (χ4v) is 3.37. The number of carbonyl (C=O) groups excluding carboxylic acids is 2. The van der Waals surface area contributed by atoms with Crippen molar-refractivity contribution in [3.8, 4) is 17.2 Å². The fourth-order valence-electron chi connectivity index (χ4n) is 3.37. The van der Waals surface area contributed by atoms with Crippen LogP contribution in [0.4, 0.5) is 5.69 Å². The van der Waals surface area contributed by atoms with Crippen molar-refractivity contribution in [2.45, 2.75) is 12.6 Å². The number of carbonyl (C=O) groups is 2. The molecule has 36 heavy (non-hydrogen) atoms. The average Bonchev–Trinajstić information content (AvgIpc) is 2.91. The number of nitrogens with one attached hydrogen (secondary N) is 2. The molecule has 4 rings (SSSR count). The van der Waals surface area contributed by atoms with E-state index in [9.17, 15) is 14.7 Å². The number of ether oxygens (including phenoxy) is 2. The van der Waals surface area contributed by atoms with Crippen LogP contribution in [-0.2, 0) is 16.1 Å². The summed E-state index contributed by atoms with van der Waals surface area (Å²) in [6, 6.07) is 30.7. The van der Waals surface area contributed by atoms with Crippen LogP contribution in [0.5, 0.6) is 17.2 Å². The van der Waals surface area contributed by atoms with Crippen LogP contribution in [0.25, 0.3) is 0 Å². The molecule has 3 N–H and O–H groups in total. The first-order valence-corrected chi connectivity index (χ1v) is 11.4. The first-order valence-electron chi connectivity index (χ1n) is 11.4. The minimum atomic E-state index is -0.949. The standard InChI is InChI=1S/C29H26N2O5/c32-24-15-11-22(12-16-24)28(33)31-27(20-35-19-21-7-3-1-4-8-21)29(34)30-23-13-17-26(18-14-23)36-25-9-5-2-6-10-25/h1-18,27,32H,19-20H2,(H,30,34)(H,31,33). The number of phenolic OH excluding ortho intramolecular Hbond substituents is 1. The highest BCUT2D eigenvalue weighted by molar-refractivity contribution is 6.01.